The zero-order valence-electron chi connectivity index (χ0n) is 10.2. The van der Waals surface area contributed by atoms with Crippen LogP contribution in [0.3, 0.4) is 0 Å². The number of carbonyl (C=O) groups is 1. The van der Waals surface area contributed by atoms with E-state index in [0.717, 1.165) is 25.9 Å². The van der Waals surface area contributed by atoms with E-state index in [1.807, 2.05) is 0 Å². The maximum Gasteiger partial charge on any atom is 0.316 e. The number of pyridine rings is 1. The topological polar surface area (TPSA) is 62.2 Å². The first-order valence-corrected chi connectivity index (χ1v) is 7.08. The van der Waals surface area contributed by atoms with Gasteiger partial charge in [-0.3, -0.25) is 4.79 Å². The molecule has 0 radical (unpaired) electrons. The number of carboxylic acids is 1. The summed E-state index contributed by atoms with van der Waals surface area (Å²) >= 11 is 3.20. The van der Waals surface area contributed by atoms with Crippen LogP contribution in [-0.4, -0.2) is 29.1 Å². The third-order valence-corrected chi connectivity index (χ3v) is 4.97. The highest BCUT2D eigenvalue weighted by Crippen LogP contribution is 2.69. The monoisotopic (exact) mass is 328 g/mol. The minimum atomic E-state index is -1.15. The molecule has 1 atom stereocenters. The Bertz CT molecular complexity index is 545. The lowest BCUT2D eigenvalue weighted by atomic mass is 9.82. The molecule has 2 fully saturated rings. The van der Waals surface area contributed by atoms with Gasteiger partial charge in [0, 0.05) is 0 Å². The molecule has 1 saturated heterocycles. The molecule has 4 nitrogen and oxygen atoms in total. The van der Waals surface area contributed by atoms with Crippen molar-refractivity contribution < 1.29 is 14.3 Å². The Morgan fingerprint density at radius 3 is 2.74 bits per heavy atom. The molecule has 6 heteroatoms. The van der Waals surface area contributed by atoms with Crippen LogP contribution in [0.1, 0.15) is 25.0 Å². The van der Waals surface area contributed by atoms with Crippen LogP contribution in [0.4, 0.5) is 4.39 Å². The Kier molecular flexibility index (Phi) is 2.90. The molecule has 0 aromatic carbocycles. The number of rotatable bonds is 2. The molecule has 1 unspecified atom stereocenters. The quantitative estimate of drug-likeness (QED) is 0.816. The summed E-state index contributed by atoms with van der Waals surface area (Å²) in [4.78, 5) is 15.9. The summed E-state index contributed by atoms with van der Waals surface area (Å²) < 4.78 is 14.5. The molecule has 0 bridgehead atoms. The molecular weight excluding hydrogens is 315 g/mol. The summed E-state index contributed by atoms with van der Waals surface area (Å²) in [6.07, 6.45) is 2.00. The third kappa shape index (κ3) is 1.73. The van der Waals surface area contributed by atoms with Crippen LogP contribution in [0, 0.1) is 11.2 Å². The van der Waals surface area contributed by atoms with Crippen molar-refractivity contribution in [3.8, 4) is 0 Å². The highest BCUT2D eigenvalue weighted by atomic mass is 79.9. The van der Waals surface area contributed by atoms with Gasteiger partial charge in [-0.2, -0.15) is 0 Å². The highest BCUT2D eigenvalue weighted by molar-refractivity contribution is 9.10. The van der Waals surface area contributed by atoms with Gasteiger partial charge in [-0.15, -0.1) is 0 Å². The molecule has 3 rings (SSSR count). The van der Waals surface area contributed by atoms with E-state index in [-0.39, 0.29) is 11.1 Å². The average molecular weight is 329 g/mol. The number of aromatic nitrogens is 1. The van der Waals surface area contributed by atoms with Crippen LogP contribution < -0.4 is 5.32 Å². The molecule has 19 heavy (non-hydrogen) atoms. The van der Waals surface area contributed by atoms with Crippen LogP contribution in [0.2, 0.25) is 0 Å². The zero-order valence-corrected chi connectivity index (χ0v) is 11.8. The van der Waals surface area contributed by atoms with Crippen molar-refractivity contribution in [3.63, 3.8) is 0 Å². The normalized spacial score (nSPS) is 28.3. The van der Waals surface area contributed by atoms with Crippen LogP contribution in [0.15, 0.2) is 16.7 Å². The lowest BCUT2D eigenvalue weighted by Crippen LogP contribution is -2.37. The van der Waals surface area contributed by atoms with Crippen molar-refractivity contribution in [2.75, 3.05) is 13.1 Å². The molecule has 2 N–H and O–H groups in total. The molecule has 1 aromatic rings. The number of hydrogen-bond acceptors (Lipinski definition) is 3. The highest BCUT2D eigenvalue weighted by Gasteiger charge is 2.74. The summed E-state index contributed by atoms with van der Waals surface area (Å²) in [7, 11) is 0. The molecule has 2 heterocycles. The van der Waals surface area contributed by atoms with Crippen molar-refractivity contribution in [1.29, 1.82) is 0 Å². The summed E-state index contributed by atoms with van der Waals surface area (Å²) in [5, 5.41) is 12.9. The zero-order chi connectivity index (χ0) is 13.7. The standard InChI is InChI=1S/C13H14BrFN2O2/c14-9-2-1-8(15)10(17-9)13(11(18)19)7-12(13)3-5-16-6-4-12/h1-2,16H,3-7H2,(H,18,19). The third-order valence-electron chi connectivity index (χ3n) is 4.53. The number of hydrogen-bond donors (Lipinski definition) is 2. The summed E-state index contributed by atoms with van der Waals surface area (Å²) in [5.41, 5.74) is -1.40. The van der Waals surface area contributed by atoms with Gasteiger partial charge in [-0.25, -0.2) is 9.37 Å². The number of piperidine rings is 1. The van der Waals surface area contributed by atoms with Gasteiger partial charge in [-0.05, 0) is 65.8 Å². The minimum Gasteiger partial charge on any atom is -0.481 e. The van der Waals surface area contributed by atoms with Gasteiger partial charge in [-0.1, -0.05) is 0 Å². The van der Waals surface area contributed by atoms with Crippen molar-refractivity contribution in [2.45, 2.75) is 24.7 Å². The van der Waals surface area contributed by atoms with Crippen LogP contribution in [0.5, 0.6) is 0 Å². The van der Waals surface area contributed by atoms with E-state index in [4.69, 9.17) is 0 Å². The van der Waals surface area contributed by atoms with E-state index >= 15 is 0 Å². The largest absolute Gasteiger partial charge is 0.481 e. The lowest BCUT2D eigenvalue weighted by molar-refractivity contribution is -0.141. The van der Waals surface area contributed by atoms with Gasteiger partial charge in [0.1, 0.15) is 15.8 Å². The fourth-order valence-corrected chi connectivity index (χ4v) is 3.74. The molecule has 2 aliphatic rings. The molecule has 1 saturated carbocycles. The summed E-state index contributed by atoms with van der Waals surface area (Å²) in [5.74, 6) is -1.49. The van der Waals surface area contributed by atoms with Gasteiger partial charge < -0.3 is 10.4 Å². The second-order valence-electron chi connectivity index (χ2n) is 5.38. The molecule has 1 aliphatic heterocycles. The maximum absolute atomic E-state index is 14.0. The minimum absolute atomic E-state index is 0.0799. The van der Waals surface area contributed by atoms with Gasteiger partial charge in [0.05, 0.1) is 5.69 Å². The SMILES string of the molecule is O=C(O)C1(c2nc(Br)ccc2F)CC12CCNCC2. The van der Waals surface area contributed by atoms with E-state index in [1.54, 1.807) is 0 Å². The first kappa shape index (κ1) is 13.0. The number of halogens is 2. The van der Waals surface area contributed by atoms with Crippen molar-refractivity contribution in [3.05, 3.63) is 28.2 Å². The summed E-state index contributed by atoms with van der Waals surface area (Å²) in [6, 6.07) is 2.77. The first-order valence-electron chi connectivity index (χ1n) is 6.28. The molecular formula is C13H14BrFN2O2. The fraction of sp³-hybridized carbons (Fsp3) is 0.538. The summed E-state index contributed by atoms with van der Waals surface area (Å²) in [6.45, 7) is 1.56. The molecule has 1 aliphatic carbocycles. The van der Waals surface area contributed by atoms with E-state index in [0.29, 0.717) is 11.0 Å². The van der Waals surface area contributed by atoms with Gasteiger partial charge in [0.15, 0.2) is 0 Å². The number of carboxylic acid groups (broad SMARTS) is 1. The molecule has 102 valence electrons. The molecule has 0 amide bonds. The Labute approximate surface area is 118 Å². The fourth-order valence-electron chi connectivity index (χ4n) is 3.43. The van der Waals surface area contributed by atoms with Crippen molar-refractivity contribution >= 4 is 21.9 Å². The number of nitrogens with one attached hydrogen (secondary N) is 1. The maximum atomic E-state index is 14.0. The van der Waals surface area contributed by atoms with Crippen LogP contribution in [0.25, 0.3) is 0 Å². The second kappa shape index (κ2) is 4.24. The Morgan fingerprint density at radius 2 is 2.11 bits per heavy atom. The predicted octanol–water partition coefficient (Wildman–Crippen LogP) is 2.08. The molecule has 1 spiro atoms. The molecule has 1 aromatic heterocycles. The van der Waals surface area contributed by atoms with E-state index in [1.165, 1.54) is 12.1 Å². The Hall–Kier alpha value is -1.01. The number of nitrogens with zero attached hydrogens (tertiary/aromatic N) is 1. The van der Waals surface area contributed by atoms with Gasteiger partial charge in [0.2, 0.25) is 0 Å². The van der Waals surface area contributed by atoms with Crippen molar-refractivity contribution in [1.82, 2.24) is 10.3 Å². The first-order chi connectivity index (χ1) is 9.02. The Balaban J connectivity index is 2.08. The smallest absolute Gasteiger partial charge is 0.316 e. The van der Waals surface area contributed by atoms with E-state index in [9.17, 15) is 14.3 Å². The van der Waals surface area contributed by atoms with Crippen LogP contribution in [-0.2, 0) is 10.2 Å². The lowest BCUT2D eigenvalue weighted by Gasteiger charge is -2.27. The van der Waals surface area contributed by atoms with Gasteiger partial charge in [0.25, 0.3) is 0 Å². The van der Waals surface area contributed by atoms with Crippen LogP contribution >= 0.6 is 15.9 Å². The van der Waals surface area contributed by atoms with E-state index < -0.39 is 17.2 Å². The van der Waals surface area contributed by atoms with Crippen molar-refractivity contribution in [2.24, 2.45) is 5.41 Å². The number of aliphatic carboxylic acids is 1. The predicted molar refractivity (Wildman–Crippen MR) is 70.4 cm³/mol. The van der Waals surface area contributed by atoms with E-state index in [2.05, 4.69) is 26.2 Å². The Morgan fingerprint density at radius 1 is 1.42 bits per heavy atom. The second-order valence-corrected chi connectivity index (χ2v) is 6.19. The van der Waals surface area contributed by atoms with Gasteiger partial charge >= 0.3 is 5.97 Å². The average Bonchev–Trinajstić information content (AvgIpc) is 3.02.